The van der Waals surface area contributed by atoms with Crippen LogP contribution >= 0.6 is 11.6 Å². The molecular formula is C11H10ClF3. The SMILES string of the molecule is C/C(=C/CCCl)c1cc(F)cc(F)c1F. The monoisotopic (exact) mass is 234 g/mol. The lowest BCUT2D eigenvalue weighted by atomic mass is 10.1. The molecule has 0 heterocycles. The minimum absolute atomic E-state index is 0.0578. The van der Waals surface area contributed by atoms with Crippen molar-refractivity contribution >= 4 is 17.2 Å². The van der Waals surface area contributed by atoms with E-state index < -0.39 is 17.5 Å². The summed E-state index contributed by atoms with van der Waals surface area (Å²) in [7, 11) is 0. The van der Waals surface area contributed by atoms with Crippen LogP contribution in [0.15, 0.2) is 18.2 Å². The second-order valence-electron chi connectivity index (χ2n) is 3.11. The quantitative estimate of drug-likeness (QED) is 0.545. The first kappa shape index (κ1) is 12.1. The number of benzene rings is 1. The number of alkyl halides is 1. The van der Waals surface area contributed by atoms with E-state index in [2.05, 4.69) is 0 Å². The molecule has 0 saturated carbocycles. The molecular weight excluding hydrogens is 225 g/mol. The van der Waals surface area contributed by atoms with Crippen LogP contribution in [-0.2, 0) is 0 Å². The highest BCUT2D eigenvalue weighted by atomic mass is 35.5. The van der Waals surface area contributed by atoms with Gasteiger partial charge in [0.2, 0.25) is 0 Å². The molecule has 1 aromatic carbocycles. The third-order valence-electron chi connectivity index (χ3n) is 1.98. The highest BCUT2D eigenvalue weighted by Gasteiger charge is 2.11. The van der Waals surface area contributed by atoms with Crippen molar-refractivity contribution in [2.75, 3.05) is 5.88 Å². The maximum atomic E-state index is 13.2. The molecule has 0 bridgehead atoms. The fourth-order valence-corrected chi connectivity index (χ4v) is 1.33. The summed E-state index contributed by atoms with van der Waals surface area (Å²) in [4.78, 5) is 0. The summed E-state index contributed by atoms with van der Waals surface area (Å²) in [5.41, 5.74) is 0.421. The Morgan fingerprint density at radius 3 is 2.60 bits per heavy atom. The molecule has 0 aliphatic carbocycles. The standard InChI is InChI=1S/C11H10ClF3/c1-7(3-2-4-12)9-5-8(13)6-10(14)11(9)15/h3,5-6H,2,4H2,1H3/b7-3-. The average Bonchev–Trinajstić information content (AvgIpc) is 2.19. The predicted octanol–water partition coefficient (Wildman–Crippen LogP) is 4.14. The van der Waals surface area contributed by atoms with Crippen LogP contribution in [0.1, 0.15) is 18.9 Å². The zero-order chi connectivity index (χ0) is 11.4. The Hall–Kier alpha value is -0.960. The lowest BCUT2D eigenvalue weighted by Crippen LogP contribution is -1.94. The average molecular weight is 235 g/mol. The van der Waals surface area contributed by atoms with Crippen molar-refractivity contribution in [2.45, 2.75) is 13.3 Å². The van der Waals surface area contributed by atoms with E-state index in [0.29, 0.717) is 23.9 Å². The molecule has 1 aromatic rings. The van der Waals surface area contributed by atoms with E-state index in [9.17, 15) is 13.2 Å². The van der Waals surface area contributed by atoms with Gasteiger partial charge in [0.05, 0.1) is 0 Å². The molecule has 0 atom stereocenters. The van der Waals surface area contributed by atoms with Crippen molar-refractivity contribution in [3.63, 3.8) is 0 Å². The second-order valence-corrected chi connectivity index (χ2v) is 3.49. The molecule has 0 aliphatic heterocycles. The molecule has 0 nitrogen and oxygen atoms in total. The van der Waals surface area contributed by atoms with Crippen LogP contribution < -0.4 is 0 Å². The highest BCUT2D eigenvalue weighted by molar-refractivity contribution is 6.17. The third-order valence-corrected chi connectivity index (χ3v) is 2.20. The number of halogens is 4. The smallest absolute Gasteiger partial charge is 0.166 e. The van der Waals surface area contributed by atoms with E-state index in [1.807, 2.05) is 0 Å². The lowest BCUT2D eigenvalue weighted by Gasteiger charge is -2.04. The van der Waals surface area contributed by atoms with Crippen molar-refractivity contribution in [3.05, 3.63) is 41.2 Å². The van der Waals surface area contributed by atoms with Crippen molar-refractivity contribution in [3.8, 4) is 0 Å². The Kier molecular flexibility index (Phi) is 4.21. The van der Waals surface area contributed by atoms with E-state index in [1.54, 1.807) is 13.0 Å². The van der Waals surface area contributed by atoms with Crippen LogP contribution in [0.3, 0.4) is 0 Å². The van der Waals surface area contributed by atoms with Crippen LogP contribution in [0.4, 0.5) is 13.2 Å². The third kappa shape index (κ3) is 2.99. The van der Waals surface area contributed by atoms with Crippen molar-refractivity contribution in [1.82, 2.24) is 0 Å². The highest BCUT2D eigenvalue weighted by Crippen LogP contribution is 2.22. The summed E-state index contributed by atoms with van der Waals surface area (Å²) in [6.07, 6.45) is 2.18. The first-order valence-electron chi connectivity index (χ1n) is 4.44. The van der Waals surface area contributed by atoms with E-state index >= 15 is 0 Å². The van der Waals surface area contributed by atoms with Gasteiger partial charge < -0.3 is 0 Å². The first-order chi connectivity index (χ1) is 7.06. The largest absolute Gasteiger partial charge is 0.207 e. The van der Waals surface area contributed by atoms with Gasteiger partial charge in [0.1, 0.15) is 5.82 Å². The first-order valence-corrected chi connectivity index (χ1v) is 4.97. The Morgan fingerprint density at radius 1 is 1.33 bits per heavy atom. The van der Waals surface area contributed by atoms with Crippen LogP contribution in [0.2, 0.25) is 0 Å². The number of hydrogen-bond donors (Lipinski definition) is 0. The molecule has 0 radical (unpaired) electrons. The van der Waals surface area contributed by atoms with Gasteiger partial charge in [-0.05, 0) is 25.0 Å². The molecule has 82 valence electrons. The molecule has 0 spiro atoms. The maximum absolute atomic E-state index is 13.2. The normalized spacial score (nSPS) is 11.9. The van der Waals surface area contributed by atoms with E-state index in [1.165, 1.54) is 0 Å². The molecule has 0 aliphatic rings. The van der Waals surface area contributed by atoms with Gasteiger partial charge in [-0.25, -0.2) is 13.2 Å². The maximum Gasteiger partial charge on any atom is 0.166 e. The van der Waals surface area contributed by atoms with Gasteiger partial charge in [-0.1, -0.05) is 6.08 Å². The molecule has 4 heteroatoms. The minimum atomic E-state index is -1.18. The number of hydrogen-bond acceptors (Lipinski definition) is 0. The zero-order valence-electron chi connectivity index (χ0n) is 8.16. The van der Waals surface area contributed by atoms with Gasteiger partial charge in [-0.15, -0.1) is 11.6 Å². The minimum Gasteiger partial charge on any atom is -0.207 e. The lowest BCUT2D eigenvalue weighted by molar-refractivity contribution is 0.492. The summed E-state index contributed by atoms with van der Waals surface area (Å²) in [5, 5.41) is 0. The molecule has 0 N–H and O–H groups in total. The fraction of sp³-hybridized carbons (Fsp3) is 0.273. The summed E-state index contributed by atoms with van der Waals surface area (Å²) in [5.74, 6) is -2.61. The summed E-state index contributed by atoms with van der Waals surface area (Å²) in [6.45, 7) is 1.59. The Morgan fingerprint density at radius 2 is 2.00 bits per heavy atom. The van der Waals surface area contributed by atoms with Crippen molar-refractivity contribution < 1.29 is 13.2 Å². The second kappa shape index (κ2) is 5.21. The predicted molar refractivity (Wildman–Crippen MR) is 55.3 cm³/mol. The molecule has 0 fully saturated rings. The van der Waals surface area contributed by atoms with E-state index in [0.717, 1.165) is 6.07 Å². The number of rotatable bonds is 3. The van der Waals surface area contributed by atoms with Crippen molar-refractivity contribution in [2.24, 2.45) is 0 Å². The van der Waals surface area contributed by atoms with Crippen LogP contribution in [-0.4, -0.2) is 5.88 Å². The van der Waals surface area contributed by atoms with E-state index in [4.69, 9.17) is 11.6 Å². The van der Waals surface area contributed by atoms with Crippen LogP contribution in [0.5, 0.6) is 0 Å². The summed E-state index contributed by atoms with van der Waals surface area (Å²) < 4.78 is 38.9. The summed E-state index contributed by atoms with van der Waals surface area (Å²) in [6, 6.07) is 1.49. The Balaban J connectivity index is 3.13. The van der Waals surface area contributed by atoms with Gasteiger partial charge in [-0.2, -0.15) is 0 Å². The van der Waals surface area contributed by atoms with Gasteiger partial charge in [-0.3, -0.25) is 0 Å². The summed E-state index contributed by atoms with van der Waals surface area (Å²) >= 11 is 5.45. The molecule has 0 unspecified atom stereocenters. The van der Waals surface area contributed by atoms with Crippen molar-refractivity contribution in [1.29, 1.82) is 0 Å². The fourth-order valence-electron chi connectivity index (χ4n) is 1.22. The molecule has 0 saturated heterocycles. The molecule has 15 heavy (non-hydrogen) atoms. The molecule has 1 rings (SSSR count). The number of allylic oxidation sites excluding steroid dienone is 2. The van der Waals surface area contributed by atoms with Gasteiger partial charge >= 0.3 is 0 Å². The zero-order valence-corrected chi connectivity index (χ0v) is 8.91. The van der Waals surface area contributed by atoms with Gasteiger partial charge in [0.15, 0.2) is 11.6 Å². The van der Waals surface area contributed by atoms with Gasteiger partial charge in [0, 0.05) is 17.5 Å². The Bertz CT molecular complexity index is 386. The topological polar surface area (TPSA) is 0 Å². The molecule has 0 aromatic heterocycles. The molecule has 0 amide bonds. The Labute approximate surface area is 91.4 Å². The van der Waals surface area contributed by atoms with Crippen LogP contribution in [0, 0.1) is 17.5 Å². The van der Waals surface area contributed by atoms with Crippen LogP contribution in [0.25, 0.3) is 5.57 Å². The van der Waals surface area contributed by atoms with Gasteiger partial charge in [0.25, 0.3) is 0 Å². The van der Waals surface area contributed by atoms with E-state index in [-0.39, 0.29) is 5.56 Å².